The highest BCUT2D eigenvalue weighted by atomic mass is 79.9. The predicted octanol–water partition coefficient (Wildman–Crippen LogP) is -0.0130. The van der Waals surface area contributed by atoms with E-state index >= 15 is 0 Å². The molecule has 0 amide bonds. The second-order valence-electron chi connectivity index (χ2n) is 3.85. The summed E-state index contributed by atoms with van der Waals surface area (Å²) in [5.74, 6) is 0. The number of aryl methyl sites for hydroxylation is 1. The topological polar surface area (TPSA) is 77.3 Å². The maximum Gasteiger partial charge on any atom is 0.263 e. The molecule has 1 saturated heterocycles. The van der Waals surface area contributed by atoms with Gasteiger partial charge in [-0.1, -0.05) is 5.21 Å². The van der Waals surface area contributed by atoms with Crippen LogP contribution in [0.1, 0.15) is 6.92 Å². The molecule has 1 aliphatic heterocycles. The number of sulfonamides is 1. The second-order valence-corrected chi connectivity index (χ2v) is 6.46. The van der Waals surface area contributed by atoms with Crippen molar-refractivity contribution in [3.63, 3.8) is 0 Å². The van der Waals surface area contributed by atoms with Crippen molar-refractivity contribution in [3.05, 3.63) is 4.60 Å². The van der Waals surface area contributed by atoms with Gasteiger partial charge in [-0.25, -0.2) is 13.1 Å². The van der Waals surface area contributed by atoms with Crippen molar-refractivity contribution in [3.8, 4) is 0 Å². The van der Waals surface area contributed by atoms with Crippen LogP contribution < -0.4 is 0 Å². The Bertz CT molecular complexity index is 495. The van der Waals surface area contributed by atoms with E-state index < -0.39 is 10.0 Å². The Hall–Kier alpha value is -0.510. The molecule has 17 heavy (non-hydrogen) atoms. The Kier molecular flexibility index (Phi) is 3.53. The number of ether oxygens (including phenoxy) is 1. The summed E-state index contributed by atoms with van der Waals surface area (Å²) in [5, 5.41) is 7.44. The van der Waals surface area contributed by atoms with E-state index in [0.717, 1.165) is 0 Å². The Labute approximate surface area is 108 Å². The van der Waals surface area contributed by atoms with Gasteiger partial charge in [-0.05, 0) is 22.9 Å². The van der Waals surface area contributed by atoms with E-state index in [2.05, 4.69) is 26.2 Å². The molecule has 0 saturated carbocycles. The second kappa shape index (κ2) is 4.63. The van der Waals surface area contributed by atoms with Gasteiger partial charge in [-0.3, -0.25) is 0 Å². The quantitative estimate of drug-likeness (QED) is 0.764. The maximum atomic E-state index is 12.4. The molecule has 1 unspecified atom stereocenters. The van der Waals surface area contributed by atoms with Crippen LogP contribution in [0.15, 0.2) is 9.63 Å². The molecule has 0 spiro atoms. The van der Waals surface area contributed by atoms with Crippen LogP contribution in [-0.4, -0.2) is 53.5 Å². The lowest BCUT2D eigenvalue weighted by molar-refractivity contribution is 0.0100. The van der Waals surface area contributed by atoms with E-state index in [0.29, 0.717) is 19.7 Å². The maximum absolute atomic E-state index is 12.4. The third kappa shape index (κ3) is 2.37. The fraction of sp³-hybridized carbons (Fsp3) is 0.750. The van der Waals surface area contributed by atoms with Crippen molar-refractivity contribution in [2.75, 3.05) is 19.7 Å². The van der Waals surface area contributed by atoms with Gasteiger partial charge in [0.25, 0.3) is 10.0 Å². The highest BCUT2D eigenvalue weighted by molar-refractivity contribution is 9.10. The third-order valence-electron chi connectivity index (χ3n) is 2.53. The Balaban J connectivity index is 2.36. The summed E-state index contributed by atoms with van der Waals surface area (Å²) in [4.78, 5) is 0. The molecule has 1 aromatic heterocycles. The SMILES string of the molecule is CC1CN(S(=O)(=O)c2c(Br)nnn2C)CCO1. The molecular formula is C8H13BrN4O3S. The van der Waals surface area contributed by atoms with Gasteiger partial charge in [-0.15, -0.1) is 5.10 Å². The molecule has 1 atom stereocenters. The van der Waals surface area contributed by atoms with Crippen LogP contribution in [0.25, 0.3) is 0 Å². The smallest absolute Gasteiger partial charge is 0.263 e. The first-order valence-electron chi connectivity index (χ1n) is 5.10. The van der Waals surface area contributed by atoms with Crippen LogP contribution in [0.4, 0.5) is 0 Å². The summed E-state index contributed by atoms with van der Waals surface area (Å²) >= 11 is 3.10. The molecular weight excluding hydrogens is 312 g/mol. The van der Waals surface area contributed by atoms with Crippen LogP contribution in [0.2, 0.25) is 0 Å². The summed E-state index contributed by atoms with van der Waals surface area (Å²) in [6.07, 6.45) is -0.0986. The lowest BCUT2D eigenvalue weighted by Gasteiger charge is -2.29. The molecule has 2 rings (SSSR count). The summed E-state index contributed by atoms with van der Waals surface area (Å²) in [7, 11) is -2.02. The minimum absolute atomic E-state index is 0.0756. The molecule has 0 radical (unpaired) electrons. The molecule has 0 N–H and O–H groups in total. The van der Waals surface area contributed by atoms with Gasteiger partial charge in [-0.2, -0.15) is 4.31 Å². The summed E-state index contributed by atoms with van der Waals surface area (Å²) in [6.45, 7) is 2.95. The van der Waals surface area contributed by atoms with Crippen LogP contribution >= 0.6 is 15.9 Å². The van der Waals surface area contributed by atoms with Gasteiger partial charge in [0, 0.05) is 20.1 Å². The van der Waals surface area contributed by atoms with Crippen LogP contribution in [-0.2, 0) is 21.8 Å². The largest absolute Gasteiger partial charge is 0.376 e. The third-order valence-corrected chi connectivity index (χ3v) is 5.28. The first-order chi connectivity index (χ1) is 7.93. The lowest BCUT2D eigenvalue weighted by atomic mass is 10.3. The molecule has 7 nitrogen and oxygen atoms in total. The molecule has 1 fully saturated rings. The summed E-state index contributed by atoms with van der Waals surface area (Å²) in [6, 6.07) is 0. The van der Waals surface area contributed by atoms with Gasteiger partial charge in [0.15, 0.2) is 4.60 Å². The van der Waals surface area contributed by atoms with Crippen molar-refractivity contribution in [1.82, 2.24) is 19.3 Å². The zero-order valence-corrected chi connectivity index (χ0v) is 11.9. The van der Waals surface area contributed by atoms with Gasteiger partial charge >= 0.3 is 0 Å². The fourth-order valence-electron chi connectivity index (χ4n) is 1.72. The van der Waals surface area contributed by atoms with Crippen molar-refractivity contribution >= 4 is 26.0 Å². The highest BCUT2D eigenvalue weighted by Gasteiger charge is 2.33. The molecule has 2 heterocycles. The minimum atomic E-state index is -3.57. The summed E-state index contributed by atoms with van der Waals surface area (Å²) < 4.78 is 33.0. The lowest BCUT2D eigenvalue weighted by Crippen LogP contribution is -2.45. The number of nitrogens with zero attached hydrogens (tertiary/aromatic N) is 4. The molecule has 0 aromatic carbocycles. The van der Waals surface area contributed by atoms with E-state index in [1.54, 1.807) is 7.05 Å². The van der Waals surface area contributed by atoms with E-state index in [1.165, 1.54) is 8.99 Å². The zero-order valence-electron chi connectivity index (χ0n) is 9.50. The fourth-order valence-corrected chi connectivity index (χ4v) is 4.25. The summed E-state index contributed by atoms with van der Waals surface area (Å²) in [5.41, 5.74) is 0. The molecule has 0 aliphatic carbocycles. The zero-order chi connectivity index (χ0) is 12.6. The average molecular weight is 325 g/mol. The number of aromatic nitrogens is 3. The highest BCUT2D eigenvalue weighted by Crippen LogP contribution is 2.23. The molecule has 1 aliphatic rings. The van der Waals surface area contributed by atoms with Crippen molar-refractivity contribution in [1.29, 1.82) is 0 Å². The van der Waals surface area contributed by atoms with Gasteiger partial charge in [0.1, 0.15) is 0 Å². The van der Waals surface area contributed by atoms with Crippen LogP contribution in [0, 0.1) is 0 Å². The Morgan fingerprint density at radius 2 is 2.24 bits per heavy atom. The Morgan fingerprint density at radius 3 is 2.76 bits per heavy atom. The predicted molar refractivity (Wildman–Crippen MR) is 62.9 cm³/mol. The number of halogens is 1. The average Bonchev–Trinajstić information content (AvgIpc) is 2.59. The first-order valence-corrected chi connectivity index (χ1v) is 7.33. The van der Waals surface area contributed by atoms with Crippen molar-refractivity contribution in [2.24, 2.45) is 7.05 Å². The normalized spacial score (nSPS) is 22.9. The van der Waals surface area contributed by atoms with E-state index in [-0.39, 0.29) is 15.7 Å². The molecule has 0 bridgehead atoms. The van der Waals surface area contributed by atoms with Crippen LogP contribution in [0.3, 0.4) is 0 Å². The first kappa shape index (κ1) is 12.9. The van der Waals surface area contributed by atoms with E-state index in [4.69, 9.17) is 4.74 Å². The standard InChI is InChI=1S/C8H13BrN4O3S/c1-6-5-13(3-4-16-6)17(14,15)8-7(9)10-11-12(8)2/h6H,3-5H2,1-2H3. The molecule has 9 heteroatoms. The van der Waals surface area contributed by atoms with Crippen molar-refractivity contribution < 1.29 is 13.2 Å². The Morgan fingerprint density at radius 1 is 1.53 bits per heavy atom. The molecule has 96 valence electrons. The number of hydrogen-bond acceptors (Lipinski definition) is 5. The van der Waals surface area contributed by atoms with E-state index in [9.17, 15) is 8.42 Å². The van der Waals surface area contributed by atoms with Gasteiger partial charge in [0.05, 0.1) is 12.7 Å². The monoisotopic (exact) mass is 324 g/mol. The number of rotatable bonds is 2. The van der Waals surface area contributed by atoms with Gasteiger partial charge in [0.2, 0.25) is 5.03 Å². The minimum Gasteiger partial charge on any atom is -0.376 e. The van der Waals surface area contributed by atoms with Gasteiger partial charge < -0.3 is 4.74 Å². The molecule has 1 aromatic rings. The van der Waals surface area contributed by atoms with Crippen LogP contribution in [0.5, 0.6) is 0 Å². The van der Waals surface area contributed by atoms with Crippen molar-refractivity contribution in [2.45, 2.75) is 18.1 Å². The number of morpholine rings is 1. The van der Waals surface area contributed by atoms with E-state index in [1.807, 2.05) is 6.92 Å². The number of hydrogen-bond donors (Lipinski definition) is 0.